The molecule has 1 aliphatic heterocycles. The molecule has 6 nitrogen and oxygen atoms in total. The molecule has 156 valence electrons. The Morgan fingerprint density at radius 1 is 1.31 bits per heavy atom. The van der Waals surface area contributed by atoms with Gasteiger partial charge < -0.3 is 15.2 Å². The maximum absolute atomic E-state index is 12.8. The minimum atomic E-state index is -0.822. The van der Waals surface area contributed by atoms with Crippen LogP contribution in [0.3, 0.4) is 0 Å². The van der Waals surface area contributed by atoms with Gasteiger partial charge in [0.15, 0.2) is 0 Å². The van der Waals surface area contributed by atoms with Gasteiger partial charge in [0, 0.05) is 17.8 Å². The molecule has 1 amide bonds. The highest BCUT2D eigenvalue weighted by molar-refractivity contribution is 6.34. The number of rotatable bonds is 6. The third-order valence-corrected chi connectivity index (χ3v) is 6.21. The molecule has 2 fully saturated rings. The van der Waals surface area contributed by atoms with Gasteiger partial charge >= 0.3 is 0 Å². The second-order valence-corrected chi connectivity index (χ2v) is 8.73. The molecule has 4 rings (SSSR count). The summed E-state index contributed by atoms with van der Waals surface area (Å²) in [5, 5.41) is 18.7. The number of aromatic nitrogens is 2. The molecule has 0 bridgehead atoms. The predicted octanol–water partition coefficient (Wildman–Crippen LogP) is 3.73. The number of epoxide rings is 1. The zero-order valence-corrected chi connectivity index (χ0v) is 17.5. The lowest BCUT2D eigenvalue weighted by molar-refractivity contribution is 0.0246. The summed E-state index contributed by atoms with van der Waals surface area (Å²) in [6.07, 6.45) is 5.98. The maximum atomic E-state index is 12.8. The quantitative estimate of drug-likeness (QED) is 0.554. The van der Waals surface area contributed by atoms with Crippen LogP contribution in [-0.4, -0.2) is 45.7 Å². The fraction of sp³-hybridized carbons (Fsp3) is 0.545. The van der Waals surface area contributed by atoms with Crippen molar-refractivity contribution in [3.8, 4) is 11.3 Å². The van der Waals surface area contributed by atoms with Crippen LogP contribution in [0, 0.1) is 6.92 Å². The third-order valence-electron chi connectivity index (χ3n) is 5.88. The minimum Gasteiger partial charge on any atom is -0.388 e. The number of nitrogens with zero attached hydrogens (tertiary/aromatic N) is 2. The number of benzene rings is 1. The van der Waals surface area contributed by atoms with Crippen molar-refractivity contribution in [2.24, 2.45) is 0 Å². The first-order valence-electron chi connectivity index (χ1n) is 10.4. The van der Waals surface area contributed by atoms with Crippen LogP contribution in [0.1, 0.15) is 54.6 Å². The van der Waals surface area contributed by atoms with E-state index in [1.807, 2.05) is 23.7 Å². The molecule has 2 N–H and O–H groups in total. The summed E-state index contributed by atoms with van der Waals surface area (Å²) >= 11 is 6.31. The maximum Gasteiger partial charge on any atom is 0.252 e. The molecule has 7 heteroatoms. The largest absolute Gasteiger partial charge is 0.388 e. The molecule has 2 heterocycles. The molecular formula is C22H28ClN3O3. The Morgan fingerprint density at radius 2 is 2.03 bits per heavy atom. The molecule has 1 aromatic heterocycles. The van der Waals surface area contributed by atoms with Gasteiger partial charge in [-0.2, -0.15) is 5.10 Å². The van der Waals surface area contributed by atoms with E-state index in [0.717, 1.165) is 68.6 Å². The van der Waals surface area contributed by atoms with Crippen molar-refractivity contribution in [2.75, 3.05) is 13.2 Å². The topological polar surface area (TPSA) is 79.7 Å². The normalized spacial score (nSPS) is 20.9. The second kappa shape index (κ2) is 8.46. The standard InChI is InChI=1S/C22H28ClN3O3/c1-15-10-20(25-26(15)12-17-13-29-17)16-6-7-19(23)18(11-16)21(27)24-14-22(28)8-4-2-3-5-9-22/h6-7,10-11,17,28H,2-5,8-9,12-14H2,1H3,(H,24,27). The number of amides is 1. The summed E-state index contributed by atoms with van der Waals surface area (Å²) in [5.41, 5.74) is 2.27. The van der Waals surface area contributed by atoms with Crippen LogP contribution in [0.5, 0.6) is 0 Å². The van der Waals surface area contributed by atoms with Gasteiger partial charge in [-0.05, 0) is 38.0 Å². The summed E-state index contributed by atoms with van der Waals surface area (Å²) < 4.78 is 7.22. The number of hydrogen-bond acceptors (Lipinski definition) is 4. The van der Waals surface area contributed by atoms with Crippen LogP contribution in [-0.2, 0) is 11.3 Å². The number of ether oxygens (including phenoxy) is 1. The average Bonchev–Trinajstić information content (AvgIpc) is 3.48. The number of carbonyl (C=O) groups is 1. The van der Waals surface area contributed by atoms with Crippen molar-refractivity contribution < 1.29 is 14.6 Å². The summed E-state index contributed by atoms with van der Waals surface area (Å²) in [4.78, 5) is 12.8. The molecule has 1 atom stereocenters. The van der Waals surface area contributed by atoms with Crippen molar-refractivity contribution in [2.45, 2.75) is 63.7 Å². The van der Waals surface area contributed by atoms with Crippen LogP contribution in [0.2, 0.25) is 5.02 Å². The molecular weight excluding hydrogens is 390 g/mol. The fourth-order valence-electron chi connectivity index (χ4n) is 3.96. The first kappa shape index (κ1) is 20.4. The zero-order valence-electron chi connectivity index (χ0n) is 16.8. The molecule has 1 saturated carbocycles. The molecule has 1 unspecified atom stereocenters. The van der Waals surface area contributed by atoms with E-state index in [4.69, 9.17) is 16.3 Å². The molecule has 0 spiro atoms. The van der Waals surface area contributed by atoms with Gasteiger partial charge in [-0.3, -0.25) is 9.48 Å². The number of nitrogens with one attached hydrogen (secondary N) is 1. The van der Waals surface area contributed by atoms with Gasteiger partial charge in [-0.1, -0.05) is 43.4 Å². The third kappa shape index (κ3) is 5.00. The summed E-state index contributed by atoms with van der Waals surface area (Å²) in [5.74, 6) is -0.267. The van der Waals surface area contributed by atoms with Gasteiger partial charge in [0.25, 0.3) is 5.91 Å². The summed E-state index contributed by atoms with van der Waals surface area (Å²) in [6.45, 7) is 3.79. The van der Waals surface area contributed by atoms with Crippen LogP contribution in [0.15, 0.2) is 24.3 Å². The Labute approximate surface area is 176 Å². The van der Waals surface area contributed by atoms with E-state index in [2.05, 4.69) is 10.4 Å². The average molecular weight is 418 g/mol. The molecule has 2 aliphatic rings. The Kier molecular flexibility index (Phi) is 5.95. The van der Waals surface area contributed by atoms with E-state index in [-0.39, 0.29) is 18.6 Å². The lowest BCUT2D eigenvalue weighted by atomic mass is 9.94. The van der Waals surface area contributed by atoms with Crippen LogP contribution in [0.4, 0.5) is 0 Å². The van der Waals surface area contributed by atoms with E-state index in [1.54, 1.807) is 12.1 Å². The highest BCUT2D eigenvalue weighted by Crippen LogP contribution is 2.28. The highest BCUT2D eigenvalue weighted by atomic mass is 35.5. The van der Waals surface area contributed by atoms with E-state index in [1.165, 1.54) is 0 Å². The summed E-state index contributed by atoms with van der Waals surface area (Å²) in [7, 11) is 0. The molecule has 1 aliphatic carbocycles. The van der Waals surface area contributed by atoms with Gasteiger partial charge in [-0.15, -0.1) is 0 Å². The molecule has 0 radical (unpaired) electrons. The van der Waals surface area contributed by atoms with Crippen molar-refractivity contribution in [1.82, 2.24) is 15.1 Å². The SMILES string of the molecule is Cc1cc(-c2ccc(Cl)c(C(=O)NCC3(O)CCCCCC3)c2)nn1CC1CO1. The van der Waals surface area contributed by atoms with E-state index in [9.17, 15) is 9.90 Å². The number of aryl methyl sites for hydroxylation is 1. The van der Waals surface area contributed by atoms with Gasteiger partial charge in [0.05, 0.1) is 35.0 Å². The first-order valence-corrected chi connectivity index (χ1v) is 10.8. The van der Waals surface area contributed by atoms with Crippen LogP contribution >= 0.6 is 11.6 Å². The van der Waals surface area contributed by atoms with Crippen molar-refractivity contribution in [3.05, 3.63) is 40.5 Å². The van der Waals surface area contributed by atoms with Crippen molar-refractivity contribution in [3.63, 3.8) is 0 Å². The summed E-state index contributed by atoms with van der Waals surface area (Å²) in [6, 6.07) is 7.37. The number of halogens is 1. The fourth-order valence-corrected chi connectivity index (χ4v) is 4.17. The van der Waals surface area contributed by atoms with Crippen LogP contribution in [0.25, 0.3) is 11.3 Å². The Hall–Kier alpha value is -1.89. The van der Waals surface area contributed by atoms with Crippen molar-refractivity contribution in [1.29, 1.82) is 0 Å². The van der Waals surface area contributed by atoms with E-state index >= 15 is 0 Å². The monoisotopic (exact) mass is 417 g/mol. The lowest BCUT2D eigenvalue weighted by Crippen LogP contribution is -2.42. The molecule has 2 aromatic rings. The smallest absolute Gasteiger partial charge is 0.252 e. The van der Waals surface area contributed by atoms with Crippen LogP contribution < -0.4 is 5.32 Å². The van der Waals surface area contributed by atoms with Gasteiger partial charge in [0.2, 0.25) is 0 Å². The Morgan fingerprint density at radius 3 is 2.72 bits per heavy atom. The number of aliphatic hydroxyl groups is 1. The zero-order chi connectivity index (χ0) is 20.4. The first-order chi connectivity index (χ1) is 13.9. The molecule has 29 heavy (non-hydrogen) atoms. The molecule has 1 saturated heterocycles. The molecule has 1 aromatic carbocycles. The van der Waals surface area contributed by atoms with E-state index in [0.29, 0.717) is 10.6 Å². The highest BCUT2D eigenvalue weighted by Gasteiger charge is 2.29. The lowest BCUT2D eigenvalue weighted by Gasteiger charge is -2.26. The van der Waals surface area contributed by atoms with Gasteiger partial charge in [0.1, 0.15) is 6.10 Å². The number of carbonyl (C=O) groups excluding carboxylic acids is 1. The van der Waals surface area contributed by atoms with Gasteiger partial charge in [-0.25, -0.2) is 0 Å². The minimum absolute atomic E-state index is 0.252. The second-order valence-electron chi connectivity index (χ2n) is 8.32. The number of hydrogen-bond donors (Lipinski definition) is 2. The Bertz CT molecular complexity index is 883. The predicted molar refractivity (Wildman–Crippen MR) is 112 cm³/mol. The van der Waals surface area contributed by atoms with E-state index < -0.39 is 5.60 Å². The van der Waals surface area contributed by atoms with Crippen molar-refractivity contribution >= 4 is 17.5 Å². The Balaban J connectivity index is 1.48.